The number of hydrogen-bond acceptors (Lipinski definition) is 3. The van der Waals surface area contributed by atoms with Crippen LogP contribution in [0.4, 0.5) is 5.69 Å². The third kappa shape index (κ3) is 4.43. The number of nitro benzene ring substituents is 1. The molecule has 2 aromatic carbocycles. The number of carbonyl (C=O) groups excluding carboxylic acids is 1. The van der Waals surface area contributed by atoms with Crippen LogP contribution < -0.4 is 0 Å². The first-order valence-electron chi connectivity index (χ1n) is 6.78. The Labute approximate surface area is 143 Å². The van der Waals surface area contributed by atoms with E-state index in [2.05, 4.69) is 0 Å². The molecule has 5 nitrogen and oxygen atoms in total. The van der Waals surface area contributed by atoms with Crippen LogP contribution >= 0.6 is 23.2 Å². The Balaban J connectivity index is 2.02. The van der Waals surface area contributed by atoms with Crippen LogP contribution in [0.3, 0.4) is 0 Å². The number of non-ortho nitro benzene ring substituents is 1. The van der Waals surface area contributed by atoms with E-state index in [1.807, 2.05) is 6.07 Å². The van der Waals surface area contributed by atoms with E-state index >= 15 is 0 Å². The van der Waals surface area contributed by atoms with E-state index in [1.54, 1.807) is 36.2 Å². The zero-order valence-electron chi connectivity index (χ0n) is 12.3. The normalized spacial score (nSPS) is 10.4. The molecule has 120 valence electrons. The molecule has 0 saturated heterocycles. The number of rotatable bonds is 5. The average molecular weight is 353 g/mol. The van der Waals surface area contributed by atoms with Crippen molar-refractivity contribution in [1.82, 2.24) is 4.90 Å². The highest BCUT2D eigenvalue weighted by Gasteiger charge is 2.14. The minimum atomic E-state index is -0.473. The molecule has 0 saturated carbocycles. The summed E-state index contributed by atoms with van der Waals surface area (Å²) in [5, 5.41) is 11.5. The van der Waals surface area contributed by atoms with Crippen molar-refractivity contribution in [2.24, 2.45) is 0 Å². The maximum absolute atomic E-state index is 12.2. The molecule has 2 aromatic rings. The second-order valence-corrected chi connectivity index (χ2v) is 5.85. The van der Waals surface area contributed by atoms with Gasteiger partial charge in [-0.2, -0.15) is 0 Å². The van der Waals surface area contributed by atoms with Crippen LogP contribution in [0.25, 0.3) is 0 Å². The molecule has 0 aliphatic carbocycles. The minimum Gasteiger partial charge on any atom is -0.341 e. The summed E-state index contributed by atoms with van der Waals surface area (Å²) in [6, 6.07) is 11.2. The van der Waals surface area contributed by atoms with Crippen LogP contribution in [-0.4, -0.2) is 22.8 Å². The van der Waals surface area contributed by atoms with E-state index in [0.717, 1.165) is 5.56 Å². The van der Waals surface area contributed by atoms with Crippen LogP contribution in [0.5, 0.6) is 0 Å². The molecule has 7 heteroatoms. The van der Waals surface area contributed by atoms with Gasteiger partial charge in [0.2, 0.25) is 5.91 Å². The van der Waals surface area contributed by atoms with Crippen molar-refractivity contribution >= 4 is 34.8 Å². The fourth-order valence-corrected chi connectivity index (χ4v) is 2.44. The van der Waals surface area contributed by atoms with E-state index in [1.165, 1.54) is 12.1 Å². The molecule has 0 fully saturated rings. The molecule has 0 atom stereocenters. The van der Waals surface area contributed by atoms with Crippen molar-refractivity contribution in [3.63, 3.8) is 0 Å². The van der Waals surface area contributed by atoms with Gasteiger partial charge in [0.1, 0.15) is 0 Å². The SMILES string of the molecule is CN(Cc1cccc(Cl)c1Cl)C(=O)Cc1ccc([N+](=O)[O-])cc1. The maximum atomic E-state index is 12.2. The van der Waals surface area contributed by atoms with E-state index in [0.29, 0.717) is 22.2 Å². The van der Waals surface area contributed by atoms with E-state index in [4.69, 9.17) is 23.2 Å². The number of hydrogen-bond donors (Lipinski definition) is 0. The fraction of sp³-hybridized carbons (Fsp3) is 0.188. The summed E-state index contributed by atoms with van der Waals surface area (Å²) in [5.41, 5.74) is 1.48. The van der Waals surface area contributed by atoms with Crippen LogP contribution in [0.2, 0.25) is 10.0 Å². The van der Waals surface area contributed by atoms with Gasteiger partial charge in [0, 0.05) is 25.7 Å². The lowest BCUT2D eigenvalue weighted by molar-refractivity contribution is -0.384. The Morgan fingerprint density at radius 1 is 1.17 bits per heavy atom. The molecule has 0 aliphatic heterocycles. The highest BCUT2D eigenvalue weighted by molar-refractivity contribution is 6.42. The van der Waals surface area contributed by atoms with Crippen molar-refractivity contribution in [3.05, 3.63) is 73.8 Å². The van der Waals surface area contributed by atoms with Gasteiger partial charge in [-0.25, -0.2) is 0 Å². The lowest BCUT2D eigenvalue weighted by Gasteiger charge is -2.18. The predicted octanol–water partition coefficient (Wildman–Crippen LogP) is 4.10. The molecule has 0 heterocycles. The third-order valence-corrected chi connectivity index (χ3v) is 4.23. The number of nitrogens with zero attached hydrogens (tertiary/aromatic N) is 2. The van der Waals surface area contributed by atoms with Gasteiger partial charge in [-0.15, -0.1) is 0 Å². The van der Waals surface area contributed by atoms with Crippen LogP contribution in [-0.2, 0) is 17.8 Å². The number of halogens is 2. The third-order valence-electron chi connectivity index (χ3n) is 3.37. The number of amides is 1. The molecular weight excluding hydrogens is 339 g/mol. The smallest absolute Gasteiger partial charge is 0.269 e. The van der Waals surface area contributed by atoms with Gasteiger partial charge in [0.05, 0.1) is 21.4 Å². The van der Waals surface area contributed by atoms with Gasteiger partial charge in [0.15, 0.2) is 0 Å². The summed E-state index contributed by atoms with van der Waals surface area (Å²) in [4.78, 5) is 23.9. The Bertz CT molecular complexity index is 733. The van der Waals surface area contributed by atoms with Crippen molar-refractivity contribution in [2.45, 2.75) is 13.0 Å². The minimum absolute atomic E-state index is 0.000243. The van der Waals surface area contributed by atoms with Crippen molar-refractivity contribution in [1.29, 1.82) is 0 Å². The Morgan fingerprint density at radius 3 is 2.43 bits per heavy atom. The standard InChI is InChI=1S/C16H14Cl2N2O3/c1-19(10-12-3-2-4-14(17)16(12)18)15(21)9-11-5-7-13(8-6-11)20(22)23/h2-8H,9-10H2,1H3. The molecule has 23 heavy (non-hydrogen) atoms. The Morgan fingerprint density at radius 2 is 1.83 bits per heavy atom. The number of benzene rings is 2. The summed E-state index contributed by atoms with van der Waals surface area (Å²) in [5.74, 6) is -0.116. The number of likely N-dealkylation sites (N-methyl/N-ethyl adjacent to an activating group) is 1. The molecule has 0 unspecified atom stereocenters. The van der Waals surface area contributed by atoms with Gasteiger partial charge >= 0.3 is 0 Å². The molecule has 1 amide bonds. The largest absolute Gasteiger partial charge is 0.341 e. The first kappa shape index (κ1) is 17.2. The van der Waals surface area contributed by atoms with Crippen molar-refractivity contribution in [3.8, 4) is 0 Å². The molecule has 2 rings (SSSR count). The second-order valence-electron chi connectivity index (χ2n) is 5.06. The quantitative estimate of drug-likeness (QED) is 0.600. The average Bonchev–Trinajstić information content (AvgIpc) is 2.52. The van der Waals surface area contributed by atoms with Crippen LogP contribution in [0.15, 0.2) is 42.5 Å². The summed E-state index contributed by atoms with van der Waals surface area (Å²) in [6.07, 6.45) is 0.159. The maximum Gasteiger partial charge on any atom is 0.269 e. The molecular formula is C16H14Cl2N2O3. The summed E-state index contributed by atoms with van der Waals surface area (Å²) in [6.45, 7) is 0.339. The first-order valence-corrected chi connectivity index (χ1v) is 7.54. The molecule has 0 aromatic heterocycles. The van der Waals surface area contributed by atoms with Gasteiger partial charge in [0.25, 0.3) is 5.69 Å². The van der Waals surface area contributed by atoms with Crippen LogP contribution in [0.1, 0.15) is 11.1 Å². The van der Waals surface area contributed by atoms with Gasteiger partial charge in [-0.3, -0.25) is 14.9 Å². The monoisotopic (exact) mass is 352 g/mol. The Hall–Kier alpha value is -2.11. The summed E-state index contributed by atoms with van der Waals surface area (Å²) in [7, 11) is 1.67. The van der Waals surface area contributed by atoms with Crippen LogP contribution in [0, 0.1) is 10.1 Å². The highest BCUT2D eigenvalue weighted by Crippen LogP contribution is 2.26. The zero-order valence-corrected chi connectivity index (χ0v) is 13.8. The van der Waals surface area contributed by atoms with Gasteiger partial charge < -0.3 is 4.90 Å². The molecule has 0 radical (unpaired) electrons. The first-order chi connectivity index (χ1) is 10.9. The lowest BCUT2D eigenvalue weighted by atomic mass is 10.1. The zero-order chi connectivity index (χ0) is 17.0. The van der Waals surface area contributed by atoms with Crippen molar-refractivity contribution < 1.29 is 9.72 Å². The number of nitro groups is 1. The van der Waals surface area contributed by atoms with Gasteiger partial charge in [-0.05, 0) is 17.2 Å². The summed E-state index contributed by atoms with van der Waals surface area (Å²) < 4.78 is 0. The van der Waals surface area contributed by atoms with Crippen molar-refractivity contribution in [2.75, 3.05) is 7.05 Å². The molecule has 0 N–H and O–H groups in total. The van der Waals surface area contributed by atoms with E-state index in [-0.39, 0.29) is 18.0 Å². The molecule has 0 spiro atoms. The number of carbonyl (C=O) groups is 1. The van der Waals surface area contributed by atoms with Gasteiger partial charge in [-0.1, -0.05) is 47.5 Å². The predicted molar refractivity (Wildman–Crippen MR) is 89.7 cm³/mol. The lowest BCUT2D eigenvalue weighted by Crippen LogP contribution is -2.27. The fourth-order valence-electron chi connectivity index (χ4n) is 2.06. The Kier molecular flexibility index (Phi) is 5.58. The van der Waals surface area contributed by atoms with E-state index < -0.39 is 4.92 Å². The van der Waals surface area contributed by atoms with E-state index in [9.17, 15) is 14.9 Å². The molecule has 0 bridgehead atoms. The topological polar surface area (TPSA) is 63.5 Å². The molecule has 0 aliphatic rings. The second kappa shape index (κ2) is 7.44. The highest BCUT2D eigenvalue weighted by atomic mass is 35.5. The summed E-state index contributed by atoms with van der Waals surface area (Å²) >= 11 is 12.1.